The molecule has 0 bridgehead atoms. The zero-order chi connectivity index (χ0) is 9.26. The summed E-state index contributed by atoms with van der Waals surface area (Å²) in [5.41, 5.74) is 3.96. The highest BCUT2D eigenvalue weighted by molar-refractivity contribution is 5.84. The Kier molecular flexibility index (Phi) is 2.15. The molecule has 2 nitrogen and oxygen atoms in total. The second-order valence-corrected chi connectivity index (χ2v) is 3.42. The number of rotatable bonds is 2. The number of hydrogen-bond acceptors (Lipinski definition) is 1. The Balaban J connectivity index is 2.41. The minimum Gasteiger partial charge on any atom is -0.390 e. The molecule has 0 unspecified atom stereocenters. The van der Waals surface area contributed by atoms with Crippen LogP contribution in [0.4, 0.5) is 5.69 Å². The van der Waals surface area contributed by atoms with Gasteiger partial charge in [-0.1, -0.05) is 18.2 Å². The SMILES string of the molecule is CC1=[N+](CCO)c2ccccc2C1. The number of benzene rings is 1. The highest BCUT2D eigenvalue weighted by Crippen LogP contribution is 2.25. The molecule has 68 valence electrons. The van der Waals surface area contributed by atoms with Gasteiger partial charge in [0.05, 0.1) is 6.42 Å². The van der Waals surface area contributed by atoms with E-state index in [9.17, 15) is 0 Å². The summed E-state index contributed by atoms with van der Waals surface area (Å²) >= 11 is 0. The van der Waals surface area contributed by atoms with Crippen LogP contribution in [0.15, 0.2) is 24.3 Å². The lowest BCUT2D eigenvalue weighted by Gasteiger charge is -1.98. The number of hydrogen-bond donors (Lipinski definition) is 1. The van der Waals surface area contributed by atoms with Gasteiger partial charge in [0.15, 0.2) is 12.3 Å². The van der Waals surface area contributed by atoms with Crippen molar-refractivity contribution in [1.82, 2.24) is 0 Å². The monoisotopic (exact) mass is 176 g/mol. The molecule has 1 aromatic carbocycles. The van der Waals surface area contributed by atoms with Crippen molar-refractivity contribution in [3.8, 4) is 0 Å². The number of nitrogens with zero attached hydrogens (tertiary/aromatic N) is 1. The largest absolute Gasteiger partial charge is 0.390 e. The molecular formula is C11H14NO+. The molecule has 1 aromatic rings. The lowest BCUT2D eigenvalue weighted by Crippen LogP contribution is -2.14. The second-order valence-electron chi connectivity index (χ2n) is 3.42. The van der Waals surface area contributed by atoms with Crippen molar-refractivity contribution in [2.45, 2.75) is 13.3 Å². The molecule has 0 radical (unpaired) electrons. The summed E-state index contributed by atoms with van der Waals surface area (Å²) in [6, 6.07) is 8.37. The predicted octanol–water partition coefficient (Wildman–Crippen LogP) is 1.34. The number of para-hydroxylation sites is 1. The Morgan fingerprint density at radius 1 is 1.38 bits per heavy atom. The predicted molar refractivity (Wildman–Crippen MR) is 52.7 cm³/mol. The summed E-state index contributed by atoms with van der Waals surface area (Å²) in [7, 11) is 0. The van der Waals surface area contributed by atoms with Crippen molar-refractivity contribution in [2.75, 3.05) is 13.2 Å². The average molecular weight is 176 g/mol. The van der Waals surface area contributed by atoms with Gasteiger partial charge < -0.3 is 5.11 Å². The van der Waals surface area contributed by atoms with E-state index >= 15 is 0 Å². The van der Waals surface area contributed by atoms with Crippen molar-refractivity contribution < 1.29 is 9.68 Å². The van der Waals surface area contributed by atoms with E-state index in [0.29, 0.717) is 6.54 Å². The van der Waals surface area contributed by atoms with E-state index in [0.717, 1.165) is 6.42 Å². The third-order valence-electron chi connectivity index (χ3n) is 2.51. The van der Waals surface area contributed by atoms with Crippen LogP contribution in [0.2, 0.25) is 0 Å². The molecule has 1 N–H and O–H groups in total. The Morgan fingerprint density at radius 3 is 2.92 bits per heavy atom. The molecule has 0 spiro atoms. The van der Waals surface area contributed by atoms with Crippen molar-refractivity contribution in [3.05, 3.63) is 29.8 Å². The van der Waals surface area contributed by atoms with E-state index in [4.69, 9.17) is 5.11 Å². The Morgan fingerprint density at radius 2 is 2.15 bits per heavy atom. The highest BCUT2D eigenvalue weighted by atomic mass is 16.3. The lowest BCUT2D eigenvalue weighted by atomic mass is 10.1. The first-order chi connectivity index (χ1) is 6.33. The van der Waals surface area contributed by atoms with Crippen LogP contribution in [0, 0.1) is 0 Å². The van der Waals surface area contributed by atoms with E-state index < -0.39 is 0 Å². The van der Waals surface area contributed by atoms with Gasteiger partial charge in [-0.15, -0.1) is 0 Å². The zero-order valence-electron chi connectivity index (χ0n) is 7.83. The topological polar surface area (TPSA) is 23.2 Å². The third kappa shape index (κ3) is 1.38. The molecule has 0 aromatic heterocycles. The Bertz CT molecular complexity index is 355. The maximum Gasteiger partial charge on any atom is 0.208 e. The summed E-state index contributed by atoms with van der Waals surface area (Å²) in [4.78, 5) is 0. The zero-order valence-corrected chi connectivity index (χ0v) is 7.83. The minimum atomic E-state index is 0.214. The third-order valence-corrected chi connectivity index (χ3v) is 2.51. The van der Waals surface area contributed by atoms with Crippen LogP contribution in [0.3, 0.4) is 0 Å². The normalized spacial score (nSPS) is 14.9. The first-order valence-corrected chi connectivity index (χ1v) is 4.61. The molecule has 0 atom stereocenters. The summed E-state index contributed by atoms with van der Waals surface area (Å²) in [6.07, 6.45) is 1.02. The van der Waals surface area contributed by atoms with Gasteiger partial charge in [-0.05, 0) is 0 Å². The molecule has 0 aliphatic carbocycles. The van der Waals surface area contributed by atoms with Crippen LogP contribution in [0.1, 0.15) is 12.5 Å². The summed E-state index contributed by atoms with van der Waals surface area (Å²) in [6.45, 7) is 3.05. The highest BCUT2D eigenvalue weighted by Gasteiger charge is 2.25. The number of β-amino-alcohol motifs (C(OH)–C–C–N with tert-alkyl or cyclic N) is 1. The number of aliphatic hydroxyl groups excluding tert-OH is 1. The Labute approximate surface area is 78.1 Å². The van der Waals surface area contributed by atoms with Crippen LogP contribution in [-0.2, 0) is 6.42 Å². The van der Waals surface area contributed by atoms with Crippen molar-refractivity contribution in [1.29, 1.82) is 0 Å². The summed E-state index contributed by atoms with van der Waals surface area (Å²) in [5, 5.41) is 8.92. The maximum atomic E-state index is 8.92. The van der Waals surface area contributed by atoms with Crippen LogP contribution in [0.5, 0.6) is 0 Å². The lowest BCUT2D eigenvalue weighted by molar-refractivity contribution is -0.441. The van der Waals surface area contributed by atoms with Crippen LogP contribution in [-0.4, -0.2) is 28.5 Å². The minimum absolute atomic E-state index is 0.214. The van der Waals surface area contributed by atoms with Crippen LogP contribution >= 0.6 is 0 Å². The Hall–Kier alpha value is -1.15. The smallest absolute Gasteiger partial charge is 0.208 e. The molecule has 0 saturated heterocycles. The molecule has 2 rings (SSSR count). The average Bonchev–Trinajstić information content (AvgIpc) is 2.44. The van der Waals surface area contributed by atoms with E-state index in [1.165, 1.54) is 17.0 Å². The quantitative estimate of drug-likeness (QED) is 0.675. The van der Waals surface area contributed by atoms with E-state index in [1.807, 2.05) is 6.07 Å². The maximum absolute atomic E-state index is 8.92. The first-order valence-electron chi connectivity index (χ1n) is 4.61. The van der Waals surface area contributed by atoms with Gasteiger partial charge in [-0.2, -0.15) is 4.58 Å². The van der Waals surface area contributed by atoms with Crippen molar-refractivity contribution in [3.63, 3.8) is 0 Å². The fraction of sp³-hybridized carbons (Fsp3) is 0.364. The van der Waals surface area contributed by atoms with E-state index in [1.54, 1.807) is 0 Å². The molecule has 0 fully saturated rings. The van der Waals surface area contributed by atoms with Crippen LogP contribution < -0.4 is 0 Å². The fourth-order valence-electron chi connectivity index (χ4n) is 1.91. The van der Waals surface area contributed by atoms with E-state index in [2.05, 4.69) is 29.7 Å². The van der Waals surface area contributed by atoms with Gasteiger partial charge in [-0.25, -0.2) is 0 Å². The van der Waals surface area contributed by atoms with Crippen molar-refractivity contribution >= 4 is 11.4 Å². The molecule has 0 saturated carbocycles. The molecule has 2 heteroatoms. The summed E-state index contributed by atoms with van der Waals surface area (Å²) < 4.78 is 2.19. The fourth-order valence-corrected chi connectivity index (χ4v) is 1.91. The molecule has 1 aliphatic heterocycles. The molecular weight excluding hydrogens is 162 g/mol. The number of aliphatic hydroxyl groups is 1. The molecule has 13 heavy (non-hydrogen) atoms. The number of fused-ring (bicyclic) bond motifs is 1. The van der Waals surface area contributed by atoms with Gasteiger partial charge >= 0.3 is 0 Å². The standard InChI is InChI=1S/C11H14NO/c1-9-8-10-4-2-3-5-11(10)12(9)6-7-13/h2-5,13H,6-8H2,1H3/q+1. The van der Waals surface area contributed by atoms with Gasteiger partial charge in [0.25, 0.3) is 0 Å². The summed E-state index contributed by atoms with van der Waals surface area (Å²) in [5.74, 6) is 0. The van der Waals surface area contributed by atoms with Gasteiger partial charge in [-0.3, -0.25) is 0 Å². The van der Waals surface area contributed by atoms with Gasteiger partial charge in [0.2, 0.25) is 5.69 Å². The van der Waals surface area contributed by atoms with Gasteiger partial charge in [0, 0.05) is 18.6 Å². The molecule has 1 aliphatic rings. The van der Waals surface area contributed by atoms with E-state index in [-0.39, 0.29) is 6.61 Å². The molecule has 0 amide bonds. The first kappa shape index (κ1) is 8.45. The molecule has 1 heterocycles. The van der Waals surface area contributed by atoms with Crippen molar-refractivity contribution in [2.24, 2.45) is 0 Å². The van der Waals surface area contributed by atoms with Gasteiger partial charge in [0.1, 0.15) is 6.61 Å². The second kappa shape index (κ2) is 3.30. The van der Waals surface area contributed by atoms with Crippen LogP contribution in [0.25, 0.3) is 0 Å².